The second kappa shape index (κ2) is 3.67. The largest absolute Gasteiger partial charge is 0.328 e. The van der Waals surface area contributed by atoms with Gasteiger partial charge in [-0.3, -0.25) is 0 Å². The van der Waals surface area contributed by atoms with Crippen LogP contribution in [0.4, 0.5) is 0 Å². The fourth-order valence-electron chi connectivity index (χ4n) is 1.24. The summed E-state index contributed by atoms with van der Waals surface area (Å²) in [5, 5.41) is 1.39. The summed E-state index contributed by atoms with van der Waals surface area (Å²) in [5.74, 6) is 0. The van der Waals surface area contributed by atoms with E-state index in [1.807, 2.05) is 19.2 Å². The summed E-state index contributed by atoms with van der Waals surface area (Å²) in [6.07, 6.45) is 1.92. The summed E-state index contributed by atoms with van der Waals surface area (Å²) in [5.41, 5.74) is 0. The first-order chi connectivity index (χ1) is 5.67. The van der Waals surface area contributed by atoms with Gasteiger partial charge in [-0.05, 0) is 31.4 Å². The molecule has 0 aliphatic rings. The van der Waals surface area contributed by atoms with E-state index in [4.69, 9.17) is 0 Å². The molecule has 2 heteroatoms. The van der Waals surface area contributed by atoms with Crippen LogP contribution < -0.4 is 5.19 Å². The summed E-state index contributed by atoms with van der Waals surface area (Å²) in [6, 6.07) is 10.5. The van der Waals surface area contributed by atoms with Crippen LogP contribution in [-0.2, 0) is 0 Å². The molecule has 1 aromatic rings. The van der Waals surface area contributed by atoms with E-state index in [0.717, 1.165) is 0 Å². The third-order valence-electron chi connectivity index (χ3n) is 1.93. The van der Waals surface area contributed by atoms with Crippen LogP contribution in [0.3, 0.4) is 0 Å². The van der Waals surface area contributed by atoms with Crippen LogP contribution >= 0.6 is 0 Å². The zero-order valence-corrected chi connectivity index (χ0v) is 8.91. The second-order valence-electron chi connectivity index (χ2n) is 3.31. The maximum absolute atomic E-state index is 4.54. The van der Waals surface area contributed by atoms with E-state index in [0.29, 0.717) is 0 Å². The number of hydrogen-bond acceptors (Lipinski definition) is 1. The van der Waals surface area contributed by atoms with Crippen molar-refractivity contribution >= 4 is 19.6 Å². The molecule has 12 heavy (non-hydrogen) atoms. The van der Waals surface area contributed by atoms with E-state index >= 15 is 0 Å². The van der Waals surface area contributed by atoms with Crippen molar-refractivity contribution in [2.45, 2.75) is 20.0 Å². The minimum Gasteiger partial charge on any atom is -0.328 e. The summed E-state index contributed by atoms with van der Waals surface area (Å²) in [6.45, 7) is 6.49. The summed E-state index contributed by atoms with van der Waals surface area (Å²) < 4.78 is 4.54. The maximum atomic E-state index is 4.54. The first-order valence-electron chi connectivity index (χ1n) is 4.22. The molecule has 0 aromatic heterocycles. The lowest BCUT2D eigenvalue weighted by molar-refractivity contribution is 1.58. The van der Waals surface area contributed by atoms with E-state index in [2.05, 4.69) is 42.0 Å². The van der Waals surface area contributed by atoms with Gasteiger partial charge < -0.3 is 4.66 Å². The molecule has 0 atom stereocenters. The van der Waals surface area contributed by atoms with Crippen LogP contribution in [0.5, 0.6) is 0 Å². The van der Waals surface area contributed by atoms with Crippen molar-refractivity contribution in [2.75, 3.05) is 0 Å². The van der Waals surface area contributed by atoms with Crippen molar-refractivity contribution in [3.8, 4) is 0 Å². The fourth-order valence-corrected chi connectivity index (χ4v) is 3.05. The van der Waals surface area contributed by atoms with Gasteiger partial charge in [-0.15, -0.1) is 0 Å². The second-order valence-corrected chi connectivity index (χ2v) is 7.27. The Balaban J connectivity index is 2.97. The molecule has 0 fully saturated rings. The maximum Gasteiger partial charge on any atom is 0.205 e. The Labute approximate surface area is 75.2 Å². The van der Waals surface area contributed by atoms with E-state index in [9.17, 15) is 0 Å². The van der Waals surface area contributed by atoms with Gasteiger partial charge in [-0.1, -0.05) is 30.3 Å². The van der Waals surface area contributed by atoms with Crippen LogP contribution in [-0.4, -0.2) is 14.5 Å². The lowest BCUT2D eigenvalue weighted by Crippen LogP contribution is -2.39. The van der Waals surface area contributed by atoms with Crippen molar-refractivity contribution in [3.63, 3.8) is 0 Å². The molecular formula is C10H15NSi. The van der Waals surface area contributed by atoms with E-state index in [1.165, 1.54) is 5.19 Å². The van der Waals surface area contributed by atoms with Crippen molar-refractivity contribution in [2.24, 2.45) is 4.66 Å². The minimum atomic E-state index is -1.51. The summed E-state index contributed by atoms with van der Waals surface area (Å²) in [4.78, 5) is 0. The third-order valence-corrected chi connectivity index (χ3v) is 4.58. The molecule has 1 nitrogen and oxygen atoms in total. The van der Waals surface area contributed by atoms with Crippen LogP contribution in [0.15, 0.2) is 35.0 Å². The monoisotopic (exact) mass is 177 g/mol. The predicted octanol–water partition coefficient (Wildman–Crippen LogP) is 2.19. The Kier molecular flexibility index (Phi) is 2.81. The predicted molar refractivity (Wildman–Crippen MR) is 57.7 cm³/mol. The molecule has 0 amide bonds. The molecule has 1 aromatic carbocycles. The lowest BCUT2D eigenvalue weighted by atomic mass is 10.4. The van der Waals surface area contributed by atoms with Crippen molar-refractivity contribution in [1.82, 2.24) is 0 Å². The first kappa shape index (κ1) is 9.20. The number of rotatable bonds is 2. The molecule has 0 bridgehead atoms. The topological polar surface area (TPSA) is 12.4 Å². The standard InChI is InChI=1S/C10H15NSi/c1-4-11-12(2,3)10-8-6-5-7-9-10/h4-9H,1-3H3/b11-4+. The molecule has 64 valence electrons. The quantitative estimate of drug-likeness (QED) is 0.485. The van der Waals surface area contributed by atoms with E-state index < -0.39 is 8.24 Å². The zero-order valence-electron chi connectivity index (χ0n) is 7.91. The average Bonchev–Trinajstić information content (AvgIpc) is 2.06. The highest BCUT2D eigenvalue weighted by Crippen LogP contribution is 2.03. The van der Waals surface area contributed by atoms with Crippen molar-refractivity contribution < 1.29 is 0 Å². The van der Waals surface area contributed by atoms with Gasteiger partial charge in [0.15, 0.2) is 0 Å². The van der Waals surface area contributed by atoms with E-state index in [-0.39, 0.29) is 0 Å². The number of nitrogens with zero attached hydrogens (tertiary/aromatic N) is 1. The van der Waals surface area contributed by atoms with Gasteiger partial charge in [-0.25, -0.2) is 0 Å². The Hall–Kier alpha value is -0.893. The van der Waals surface area contributed by atoms with Gasteiger partial charge >= 0.3 is 0 Å². The SMILES string of the molecule is C/C=N/[Si](C)(C)c1ccccc1. The van der Waals surface area contributed by atoms with Crippen molar-refractivity contribution in [1.29, 1.82) is 0 Å². The molecule has 1 rings (SSSR count). The van der Waals surface area contributed by atoms with Crippen LogP contribution in [0.25, 0.3) is 0 Å². The molecule has 0 saturated carbocycles. The molecule has 0 spiro atoms. The molecule has 0 aliphatic carbocycles. The molecule has 0 aliphatic heterocycles. The Bertz CT molecular complexity index is 264. The van der Waals surface area contributed by atoms with Gasteiger partial charge in [0.25, 0.3) is 0 Å². The van der Waals surface area contributed by atoms with Crippen LogP contribution in [0.2, 0.25) is 13.1 Å². The molecule has 0 saturated heterocycles. The van der Waals surface area contributed by atoms with Gasteiger partial charge in [0, 0.05) is 0 Å². The summed E-state index contributed by atoms with van der Waals surface area (Å²) in [7, 11) is -1.51. The highest BCUT2D eigenvalue weighted by atomic mass is 28.3. The molecule has 0 radical (unpaired) electrons. The minimum absolute atomic E-state index is 1.39. The molecule has 0 unspecified atom stereocenters. The highest BCUT2D eigenvalue weighted by Gasteiger charge is 2.20. The third kappa shape index (κ3) is 2.05. The van der Waals surface area contributed by atoms with Gasteiger partial charge in [0.05, 0.1) is 0 Å². The number of benzene rings is 1. The zero-order chi connectivity index (χ0) is 9.03. The normalized spacial score (nSPS) is 12.2. The lowest BCUT2D eigenvalue weighted by Gasteiger charge is -2.16. The van der Waals surface area contributed by atoms with Crippen LogP contribution in [0.1, 0.15) is 6.92 Å². The van der Waals surface area contributed by atoms with Gasteiger partial charge in [0.2, 0.25) is 8.24 Å². The smallest absolute Gasteiger partial charge is 0.205 e. The average molecular weight is 177 g/mol. The first-order valence-corrected chi connectivity index (χ1v) is 7.17. The Morgan fingerprint density at radius 1 is 1.17 bits per heavy atom. The Morgan fingerprint density at radius 3 is 2.25 bits per heavy atom. The van der Waals surface area contributed by atoms with E-state index in [1.54, 1.807) is 0 Å². The fraction of sp³-hybridized carbons (Fsp3) is 0.300. The van der Waals surface area contributed by atoms with Crippen LogP contribution in [0, 0.1) is 0 Å². The summed E-state index contributed by atoms with van der Waals surface area (Å²) >= 11 is 0. The molecule has 0 heterocycles. The molecule has 0 N–H and O–H groups in total. The number of hydrogen-bond donors (Lipinski definition) is 0. The Morgan fingerprint density at radius 2 is 1.75 bits per heavy atom. The van der Waals surface area contributed by atoms with Crippen molar-refractivity contribution in [3.05, 3.63) is 30.3 Å². The molecular weight excluding hydrogens is 162 g/mol. The van der Waals surface area contributed by atoms with Gasteiger partial charge in [-0.2, -0.15) is 0 Å². The van der Waals surface area contributed by atoms with Gasteiger partial charge in [0.1, 0.15) is 0 Å². The highest BCUT2D eigenvalue weighted by molar-refractivity contribution is 6.88.